The highest BCUT2D eigenvalue weighted by atomic mass is 35.5. The van der Waals surface area contributed by atoms with Crippen LogP contribution >= 0.6 is 46.1 Å². The van der Waals surface area contributed by atoms with Gasteiger partial charge in [-0.15, -0.1) is 11.3 Å². The van der Waals surface area contributed by atoms with Crippen molar-refractivity contribution in [3.8, 4) is 11.1 Å². The fourth-order valence-corrected chi connectivity index (χ4v) is 4.35. The van der Waals surface area contributed by atoms with Crippen LogP contribution in [0.15, 0.2) is 59.0 Å². The largest absolute Gasteiger partial charge is 0.323 e. The van der Waals surface area contributed by atoms with Gasteiger partial charge >= 0.3 is 0 Å². The summed E-state index contributed by atoms with van der Waals surface area (Å²) in [5, 5.41) is 6.41. The van der Waals surface area contributed by atoms with Crippen molar-refractivity contribution in [3.63, 3.8) is 0 Å². The second-order valence-electron chi connectivity index (χ2n) is 6.19. The zero-order valence-corrected chi connectivity index (χ0v) is 17.7. The van der Waals surface area contributed by atoms with Gasteiger partial charge in [-0.1, -0.05) is 46.9 Å². The normalized spacial score (nSPS) is 11.0. The zero-order valence-electron chi connectivity index (χ0n) is 14.7. The quantitative estimate of drug-likeness (QED) is 0.420. The van der Waals surface area contributed by atoms with Gasteiger partial charge in [0, 0.05) is 21.0 Å². The lowest BCUT2D eigenvalue weighted by atomic mass is 10.1. The number of carbonyl (C=O) groups is 1. The van der Waals surface area contributed by atoms with Crippen molar-refractivity contribution in [3.05, 3.63) is 79.6 Å². The van der Waals surface area contributed by atoms with Crippen molar-refractivity contribution in [2.45, 2.75) is 6.54 Å². The lowest BCUT2D eigenvalue weighted by molar-refractivity contribution is -0.116. The Morgan fingerprint density at radius 2 is 1.79 bits per heavy atom. The van der Waals surface area contributed by atoms with Gasteiger partial charge in [-0.05, 0) is 35.9 Å². The molecule has 0 saturated carbocycles. The van der Waals surface area contributed by atoms with Gasteiger partial charge in [0.1, 0.15) is 11.4 Å². The first-order chi connectivity index (χ1) is 13.9. The smallest absolute Gasteiger partial charge is 0.263 e. The minimum atomic E-state index is -0.402. The molecule has 0 unspecified atom stereocenters. The summed E-state index contributed by atoms with van der Waals surface area (Å²) >= 11 is 19.3. The van der Waals surface area contributed by atoms with Crippen molar-refractivity contribution in [1.82, 2.24) is 9.55 Å². The lowest BCUT2D eigenvalue weighted by Gasteiger charge is -2.09. The summed E-state index contributed by atoms with van der Waals surface area (Å²) in [5.41, 5.74) is 1.74. The Morgan fingerprint density at radius 1 is 1.07 bits per heavy atom. The summed E-state index contributed by atoms with van der Waals surface area (Å²) in [6, 6.07) is 12.0. The number of anilines is 1. The highest BCUT2D eigenvalue weighted by molar-refractivity contribution is 7.17. The van der Waals surface area contributed by atoms with Crippen LogP contribution in [-0.4, -0.2) is 15.5 Å². The Hall–Kier alpha value is -2.38. The third-order valence-corrected chi connectivity index (χ3v) is 5.92. The van der Waals surface area contributed by atoms with E-state index in [2.05, 4.69) is 10.3 Å². The van der Waals surface area contributed by atoms with Gasteiger partial charge in [0.2, 0.25) is 5.91 Å². The Balaban J connectivity index is 1.65. The highest BCUT2D eigenvalue weighted by Gasteiger charge is 2.15. The number of amides is 1. The summed E-state index contributed by atoms with van der Waals surface area (Å²) in [4.78, 5) is 30.4. The SMILES string of the molecule is O=C(Cn1cnc2scc(-c3ccc(Cl)cc3)c2c1=O)Nc1ccc(Cl)cc1Cl. The maximum absolute atomic E-state index is 13.0. The van der Waals surface area contributed by atoms with E-state index in [1.807, 2.05) is 17.5 Å². The molecule has 1 N–H and O–H groups in total. The van der Waals surface area contributed by atoms with E-state index >= 15 is 0 Å². The van der Waals surface area contributed by atoms with E-state index in [4.69, 9.17) is 34.8 Å². The van der Waals surface area contributed by atoms with E-state index in [0.717, 1.165) is 11.1 Å². The van der Waals surface area contributed by atoms with Crippen LogP contribution in [0, 0.1) is 0 Å². The molecule has 0 bridgehead atoms. The molecule has 2 aromatic carbocycles. The Kier molecular flexibility index (Phi) is 5.61. The number of thiophene rings is 1. The summed E-state index contributed by atoms with van der Waals surface area (Å²) in [7, 11) is 0. The monoisotopic (exact) mass is 463 g/mol. The molecule has 5 nitrogen and oxygen atoms in total. The Labute approximate surface area is 184 Å². The summed E-state index contributed by atoms with van der Waals surface area (Å²) in [6.45, 7) is -0.198. The molecule has 0 aliphatic carbocycles. The first-order valence-electron chi connectivity index (χ1n) is 8.40. The average molecular weight is 465 g/mol. The van der Waals surface area contributed by atoms with E-state index < -0.39 is 5.91 Å². The number of halogens is 3. The summed E-state index contributed by atoms with van der Waals surface area (Å²) in [6.07, 6.45) is 1.37. The molecule has 0 aliphatic heterocycles. The predicted octanol–water partition coefficient (Wildman–Crippen LogP) is 5.72. The van der Waals surface area contributed by atoms with Gasteiger partial charge in [-0.3, -0.25) is 14.2 Å². The van der Waals surface area contributed by atoms with Crippen LogP contribution < -0.4 is 10.9 Å². The molecule has 146 valence electrons. The fourth-order valence-electron chi connectivity index (χ4n) is 2.86. The summed E-state index contributed by atoms with van der Waals surface area (Å²) in [5.74, 6) is -0.402. The molecule has 0 radical (unpaired) electrons. The van der Waals surface area contributed by atoms with Gasteiger partial charge in [-0.25, -0.2) is 4.98 Å². The molecule has 0 fully saturated rings. The van der Waals surface area contributed by atoms with Gasteiger partial charge in [0.25, 0.3) is 5.56 Å². The van der Waals surface area contributed by atoms with Crippen molar-refractivity contribution in [2.75, 3.05) is 5.32 Å². The lowest BCUT2D eigenvalue weighted by Crippen LogP contribution is -2.27. The van der Waals surface area contributed by atoms with Crippen molar-refractivity contribution in [1.29, 1.82) is 0 Å². The molecule has 4 aromatic rings. The third kappa shape index (κ3) is 4.16. The van der Waals surface area contributed by atoms with Crippen LogP contribution in [0.4, 0.5) is 5.69 Å². The fraction of sp³-hybridized carbons (Fsp3) is 0.0500. The maximum Gasteiger partial charge on any atom is 0.263 e. The Bertz CT molecular complexity index is 1280. The minimum absolute atomic E-state index is 0.198. The van der Waals surface area contributed by atoms with Gasteiger partial charge in [0.15, 0.2) is 0 Å². The van der Waals surface area contributed by atoms with Crippen molar-refractivity contribution in [2.24, 2.45) is 0 Å². The number of fused-ring (bicyclic) bond motifs is 1. The van der Waals surface area contributed by atoms with Gasteiger partial charge in [-0.2, -0.15) is 0 Å². The number of nitrogens with one attached hydrogen (secondary N) is 1. The van der Waals surface area contributed by atoms with Crippen LogP contribution in [0.5, 0.6) is 0 Å². The van der Waals surface area contributed by atoms with E-state index in [9.17, 15) is 9.59 Å². The number of carbonyl (C=O) groups excluding carboxylic acids is 1. The standard InChI is InChI=1S/C20H12Cl3N3O2S/c21-12-3-1-11(2-4-12)14-9-29-19-18(14)20(28)26(10-24-19)8-17(27)25-16-6-5-13(22)7-15(16)23/h1-7,9-10H,8H2,(H,25,27). The van der Waals surface area contributed by atoms with Crippen molar-refractivity contribution < 1.29 is 4.79 Å². The molecule has 0 saturated heterocycles. The number of benzene rings is 2. The average Bonchev–Trinajstić information content (AvgIpc) is 3.12. The molecule has 9 heteroatoms. The molecule has 2 heterocycles. The van der Waals surface area contributed by atoms with E-state index in [1.54, 1.807) is 24.3 Å². The highest BCUT2D eigenvalue weighted by Crippen LogP contribution is 2.31. The second-order valence-corrected chi connectivity index (χ2v) is 8.32. The molecule has 1 amide bonds. The van der Waals surface area contributed by atoms with Crippen molar-refractivity contribution >= 4 is 68.0 Å². The number of aromatic nitrogens is 2. The molecule has 29 heavy (non-hydrogen) atoms. The van der Waals surface area contributed by atoms with Crippen LogP contribution in [0.25, 0.3) is 21.3 Å². The maximum atomic E-state index is 13.0. The molecule has 2 aromatic heterocycles. The molecular formula is C20H12Cl3N3O2S. The molecular weight excluding hydrogens is 453 g/mol. The number of hydrogen-bond acceptors (Lipinski definition) is 4. The molecule has 0 atom stereocenters. The van der Waals surface area contributed by atoms with Crippen LogP contribution in [0.1, 0.15) is 0 Å². The summed E-state index contributed by atoms with van der Waals surface area (Å²) < 4.78 is 1.27. The topological polar surface area (TPSA) is 64.0 Å². The van der Waals surface area contributed by atoms with Crippen LogP contribution in [-0.2, 0) is 11.3 Å². The van der Waals surface area contributed by atoms with Crippen LogP contribution in [0.2, 0.25) is 15.1 Å². The third-order valence-electron chi connectivity index (χ3n) is 4.24. The molecule has 4 rings (SSSR count). The van der Waals surface area contributed by atoms with E-state index in [0.29, 0.717) is 31.0 Å². The second kappa shape index (κ2) is 8.16. The van der Waals surface area contributed by atoms with Gasteiger partial charge in [0.05, 0.1) is 22.4 Å². The Morgan fingerprint density at radius 3 is 2.52 bits per heavy atom. The zero-order chi connectivity index (χ0) is 20.5. The number of rotatable bonds is 4. The first-order valence-corrected chi connectivity index (χ1v) is 10.4. The van der Waals surface area contributed by atoms with E-state index in [-0.39, 0.29) is 12.1 Å². The predicted molar refractivity (Wildman–Crippen MR) is 119 cm³/mol. The number of nitrogens with zero attached hydrogens (tertiary/aromatic N) is 2. The minimum Gasteiger partial charge on any atom is -0.323 e. The van der Waals surface area contributed by atoms with Gasteiger partial charge < -0.3 is 5.32 Å². The van der Waals surface area contributed by atoms with E-state index in [1.165, 1.54) is 28.3 Å². The molecule has 0 spiro atoms. The van der Waals surface area contributed by atoms with Crippen LogP contribution in [0.3, 0.4) is 0 Å². The number of hydrogen-bond donors (Lipinski definition) is 1. The molecule has 0 aliphatic rings. The first kappa shape index (κ1) is 19.9.